The Bertz CT molecular complexity index is 103. The number of rotatable bonds is 7. The summed E-state index contributed by atoms with van der Waals surface area (Å²) in [6, 6.07) is 0. The minimum absolute atomic E-state index is 0.201. The predicted molar refractivity (Wildman–Crippen MR) is 58.9 cm³/mol. The molecule has 0 aromatic carbocycles. The van der Waals surface area contributed by atoms with Crippen LogP contribution in [-0.4, -0.2) is 20.3 Å². The molecule has 0 heterocycles. The van der Waals surface area contributed by atoms with Gasteiger partial charge in [0.1, 0.15) is 0 Å². The van der Waals surface area contributed by atoms with E-state index in [1.807, 2.05) is 0 Å². The molecule has 0 aromatic heterocycles. The van der Waals surface area contributed by atoms with Gasteiger partial charge in [-0.1, -0.05) is 29.2 Å². The van der Waals surface area contributed by atoms with Crippen LogP contribution in [-0.2, 0) is 9.26 Å². The van der Waals surface area contributed by atoms with Crippen LogP contribution < -0.4 is 0 Å². The lowest BCUT2D eigenvalue weighted by atomic mass is 9.88. The fourth-order valence-corrected chi connectivity index (χ4v) is 2.04. The molecule has 0 aliphatic heterocycles. The Labute approximate surface area is 79.7 Å². The molecule has 0 saturated carbocycles. The number of ether oxygens (including phenoxy) is 1. The highest BCUT2D eigenvalue weighted by Crippen LogP contribution is 2.30. The highest BCUT2D eigenvalue weighted by atomic mass is 32.0. The van der Waals surface area contributed by atoms with Crippen molar-refractivity contribution in [1.82, 2.24) is 0 Å². The van der Waals surface area contributed by atoms with E-state index in [1.54, 1.807) is 7.11 Å². The lowest BCUT2D eigenvalue weighted by molar-refractivity contribution is 0.0504. The Balaban J connectivity index is 3.80. The lowest BCUT2D eigenvalue weighted by Crippen LogP contribution is -2.27. The molecule has 0 spiro atoms. The van der Waals surface area contributed by atoms with E-state index in [1.165, 1.54) is 6.42 Å². The first kappa shape index (κ1) is 12.8. The maximum Gasteiger partial charge on any atom is 0.0585 e. The van der Waals surface area contributed by atoms with Gasteiger partial charge >= 0.3 is 0 Å². The smallest absolute Gasteiger partial charge is 0.0585 e. The zero-order valence-electron chi connectivity index (χ0n) is 8.22. The highest BCUT2D eigenvalue weighted by molar-refractivity contribution is 8.00. The minimum atomic E-state index is 0.201. The van der Waals surface area contributed by atoms with Crippen LogP contribution in [0, 0.1) is 5.41 Å². The van der Waals surface area contributed by atoms with E-state index in [4.69, 9.17) is 9.26 Å². The van der Waals surface area contributed by atoms with Gasteiger partial charge in [0, 0.05) is 21.0 Å². The van der Waals surface area contributed by atoms with Crippen molar-refractivity contribution >= 4 is 17.4 Å². The average Bonchev–Trinajstić information content (AvgIpc) is 2.02. The molecule has 0 aromatic rings. The molecule has 0 bridgehead atoms. The third-order valence-corrected chi connectivity index (χ3v) is 2.66. The monoisotopic (exact) mass is 210 g/mol. The zero-order chi connectivity index (χ0) is 9.45. The summed E-state index contributed by atoms with van der Waals surface area (Å²) in [7, 11) is 4.84. The first-order chi connectivity index (χ1) is 5.68. The Morgan fingerprint density at radius 3 is 2.50 bits per heavy atom. The van der Waals surface area contributed by atoms with Gasteiger partial charge in [-0.3, -0.25) is 0 Å². The quantitative estimate of drug-likeness (QED) is 0.601. The van der Waals surface area contributed by atoms with Crippen LogP contribution in [0.2, 0.25) is 0 Å². The van der Waals surface area contributed by atoms with Gasteiger partial charge in [0.2, 0.25) is 0 Å². The van der Waals surface area contributed by atoms with Crippen molar-refractivity contribution in [3.8, 4) is 0 Å². The third-order valence-electron chi connectivity index (χ3n) is 1.85. The molecule has 0 N–H and O–H groups in total. The van der Waals surface area contributed by atoms with E-state index in [0.29, 0.717) is 8.50 Å². The van der Waals surface area contributed by atoms with Crippen molar-refractivity contribution in [3.05, 3.63) is 0 Å². The summed E-state index contributed by atoms with van der Waals surface area (Å²) < 4.78 is 10.6. The van der Waals surface area contributed by atoms with Gasteiger partial charge in [-0.25, -0.2) is 0 Å². The fraction of sp³-hybridized carbons (Fsp3) is 1.00. The number of hydrogen-bond donors (Lipinski definition) is 0. The molecule has 0 saturated heterocycles. The summed E-state index contributed by atoms with van der Waals surface area (Å²) in [5.74, 6) is 0. The van der Waals surface area contributed by atoms with E-state index in [-0.39, 0.29) is 5.41 Å². The van der Waals surface area contributed by atoms with Gasteiger partial charge in [0.05, 0.1) is 13.2 Å². The molecule has 74 valence electrons. The van der Waals surface area contributed by atoms with Crippen LogP contribution in [0.5, 0.6) is 0 Å². The van der Waals surface area contributed by atoms with Crippen molar-refractivity contribution in [2.45, 2.75) is 26.7 Å². The molecule has 3 atom stereocenters. The SMILES string of the molecule is CCCC(C)(COC)COPP. The summed E-state index contributed by atoms with van der Waals surface area (Å²) in [6.07, 6.45) is 2.35. The molecule has 0 fully saturated rings. The van der Waals surface area contributed by atoms with Crippen LogP contribution in [0.4, 0.5) is 0 Å². The summed E-state index contributed by atoms with van der Waals surface area (Å²) >= 11 is 0. The van der Waals surface area contributed by atoms with Crippen molar-refractivity contribution in [2.75, 3.05) is 20.3 Å². The normalized spacial score (nSPS) is 17.0. The first-order valence-corrected chi connectivity index (χ1v) is 6.96. The Morgan fingerprint density at radius 2 is 2.08 bits per heavy atom. The fourth-order valence-electron chi connectivity index (χ4n) is 1.35. The molecule has 4 heteroatoms. The standard InChI is InChI=1S/C8H20O2P2/c1-4-5-8(2,6-9-3)7-10-12-11/h12H,4-7,11H2,1-3H3. The molecule has 0 amide bonds. The maximum atomic E-state index is 5.41. The van der Waals surface area contributed by atoms with E-state index < -0.39 is 0 Å². The molecular formula is C8H20O2P2. The Morgan fingerprint density at radius 1 is 1.42 bits per heavy atom. The van der Waals surface area contributed by atoms with Gasteiger partial charge in [-0.05, 0) is 6.42 Å². The van der Waals surface area contributed by atoms with E-state index >= 15 is 0 Å². The number of hydrogen-bond acceptors (Lipinski definition) is 2. The molecule has 0 aliphatic carbocycles. The predicted octanol–water partition coefficient (Wildman–Crippen LogP) is 2.84. The zero-order valence-corrected chi connectivity index (χ0v) is 10.4. The van der Waals surface area contributed by atoms with Crippen LogP contribution >= 0.6 is 17.4 Å². The van der Waals surface area contributed by atoms with Gasteiger partial charge < -0.3 is 9.26 Å². The molecule has 2 nitrogen and oxygen atoms in total. The van der Waals surface area contributed by atoms with Crippen molar-refractivity contribution in [2.24, 2.45) is 5.41 Å². The lowest BCUT2D eigenvalue weighted by Gasteiger charge is -2.27. The topological polar surface area (TPSA) is 18.5 Å². The molecule has 0 radical (unpaired) electrons. The maximum absolute atomic E-state index is 5.41. The van der Waals surface area contributed by atoms with Gasteiger partial charge in [0.25, 0.3) is 0 Å². The van der Waals surface area contributed by atoms with E-state index in [0.717, 1.165) is 19.6 Å². The van der Waals surface area contributed by atoms with E-state index in [2.05, 4.69) is 22.8 Å². The average molecular weight is 210 g/mol. The Kier molecular flexibility index (Phi) is 7.68. The van der Waals surface area contributed by atoms with E-state index in [9.17, 15) is 0 Å². The molecule has 0 rings (SSSR count). The highest BCUT2D eigenvalue weighted by Gasteiger charge is 2.23. The molecule has 3 unspecified atom stereocenters. The third kappa shape index (κ3) is 5.43. The summed E-state index contributed by atoms with van der Waals surface area (Å²) in [5, 5.41) is 0. The largest absolute Gasteiger partial charge is 0.384 e. The van der Waals surface area contributed by atoms with Gasteiger partial charge in [-0.2, -0.15) is 0 Å². The molecule has 0 aliphatic rings. The van der Waals surface area contributed by atoms with Crippen LogP contribution in [0.15, 0.2) is 0 Å². The van der Waals surface area contributed by atoms with Crippen LogP contribution in [0.25, 0.3) is 0 Å². The van der Waals surface area contributed by atoms with Crippen molar-refractivity contribution < 1.29 is 9.26 Å². The second kappa shape index (κ2) is 7.21. The summed E-state index contributed by atoms with van der Waals surface area (Å²) in [6.45, 7) is 5.99. The van der Waals surface area contributed by atoms with Gasteiger partial charge in [-0.15, -0.1) is 0 Å². The second-order valence-electron chi connectivity index (χ2n) is 3.40. The van der Waals surface area contributed by atoms with Crippen molar-refractivity contribution in [1.29, 1.82) is 0 Å². The first-order valence-electron chi connectivity index (χ1n) is 4.25. The Hall–Kier alpha value is 0.780. The minimum Gasteiger partial charge on any atom is -0.384 e. The molecular weight excluding hydrogens is 190 g/mol. The van der Waals surface area contributed by atoms with Crippen molar-refractivity contribution in [3.63, 3.8) is 0 Å². The second-order valence-corrected chi connectivity index (χ2v) is 4.63. The number of methoxy groups -OCH3 is 1. The molecule has 12 heavy (non-hydrogen) atoms. The van der Waals surface area contributed by atoms with Gasteiger partial charge in [0.15, 0.2) is 0 Å². The summed E-state index contributed by atoms with van der Waals surface area (Å²) in [5.41, 5.74) is 0.201. The van der Waals surface area contributed by atoms with Crippen LogP contribution in [0.1, 0.15) is 26.7 Å². The summed E-state index contributed by atoms with van der Waals surface area (Å²) in [4.78, 5) is 0. The van der Waals surface area contributed by atoms with Crippen LogP contribution in [0.3, 0.4) is 0 Å².